The average Bonchev–Trinajstić information content (AvgIpc) is 3.22. The largest absolute Gasteiger partial charge is 1.00 e. The van der Waals surface area contributed by atoms with Crippen LogP contribution < -0.4 is 111 Å². The van der Waals surface area contributed by atoms with Crippen LogP contribution in [0.1, 0.15) is 31.8 Å². The normalized spacial score (nSPS) is 14.8. The van der Waals surface area contributed by atoms with Crippen molar-refractivity contribution in [2.45, 2.75) is 4.90 Å². The van der Waals surface area contributed by atoms with Crippen molar-refractivity contribution in [3.8, 4) is 11.1 Å². The van der Waals surface area contributed by atoms with Crippen LogP contribution in [0.2, 0.25) is 0 Å². The van der Waals surface area contributed by atoms with Crippen molar-refractivity contribution in [3.63, 3.8) is 0 Å². The Morgan fingerprint density at radius 1 is 0.591 bits per heavy atom. The van der Waals surface area contributed by atoms with Crippen LogP contribution in [0.3, 0.4) is 0 Å². The minimum atomic E-state index is -5.49. The van der Waals surface area contributed by atoms with E-state index in [4.69, 9.17) is 11.5 Å². The maximum absolute atomic E-state index is 13.8. The van der Waals surface area contributed by atoms with E-state index in [0.29, 0.717) is 29.0 Å². The summed E-state index contributed by atoms with van der Waals surface area (Å²) in [4.78, 5) is 34.2. The van der Waals surface area contributed by atoms with Crippen molar-refractivity contribution < 1.29 is 142 Å². The number of nitrogens with zero attached hydrogens (tertiary/aromatic N) is 5. The fourth-order valence-electron chi connectivity index (χ4n) is 6.22. The standard InChI is InChI=1S/C38H27N9O13S3.3Na/c39-23-9-4-21-14-30(62(55,56)57)35(37(48)28(21)17-23)45-41-24-10-5-19(6-11-24)20-7-12-25(13-8-20)42-46-36-31(63(58,59)60)16-22-15-29(61(52,53)54)34(33(40)32(22)38(36)49)44-43-26-2-1-3-27(18-26)47(50)51;;;/h1-18,41-42H,39-40H2,(H,52,53,54)(H,55,56,57)(H,58,59,60);;;/q;3*+1/p-3/b44-43?,45-35-,46-36+;;;. The van der Waals surface area contributed by atoms with Crippen LogP contribution in [0, 0.1) is 10.1 Å². The third-order valence-electron chi connectivity index (χ3n) is 9.16. The van der Waals surface area contributed by atoms with Crippen LogP contribution in [0.15, 0.2) is 132 Å². The molecule has 7 rings (SSSR count). The number of fused-ring (bicyclic) bond motifs is 2. The zero-order valence-electron chi connectivity index (χ0n) is 34.3. The van der Waals surface area contributed by atoms with Crippen molar-refractivity contribution >= 4 is 105 Å². The second-order valence-electron chi connectivity index (χ2n) is 13.3. The molecule has 22 nitrogen and oxygen atoms in total. The number of allylic oxidation sites excluding steroid dienone is 2. The molecule has 0 unspecified atom stereocenters. The SMILES string of the molecule is Nc1ccc2c(c1)C(=O)/C(=N\Nc1ccc(-c3ccc(N/N=C4/C(=O)c5c(cc(S(=O)(=O)[O-])c(N=Nc6cccc([N+](=O)[O-])c6)c5N)C=C4S(=O)(=O)[O-])cc3)cc1)C(S(=O)(=O)[O-])=C2.[Na+].[Na+].[Na+]. The summed E-state index contributed by atoms with van der Waals surface area (Å²) >= 11 is 0. The number of carbonyl (C=O) groups is 2. The third-order valence-corrected chi connectivity index (χ3v) is 11.7. The minimum Gasteiger partial charge on any atom is -0.744 e. The Balaban J connectivity index is 0.00000317. The van der Waals surface area contributed by atoms with Gasteiger partial charge in [0, 0.05) is 23.4 Å². The van der Waals surface area contributed by atoms with Crippen molar-refractivity contribution in [1.82, 2.24) is 0 Å². The fraction of sp³-hybridized carbons (Fsp3) is 0. The van der Waals surface area contributed by atoms with Gasteiger partial charge in [0.15, 0.2) is 0 Å². The Morgan fingerprint density at radius 2 is 1.11 bits per heavy atom. The molecule has 0 amide bonds. The number of non-ortho nitro benzene ring substituents is 1. The quantitative estimate of drug-likeness (QED) is 0.0244. The molecule has 66 heavy (non-hydrogen) atoms. The van der Waals surface area contributed by atoms with Crippen LogP contribution in [0.25, 0.3) is 23.3 Å². The first-order chi connectivity index (χ1) is 29.6. The van der Waals surface area contributed by atoms with E-state index in [1.807, 2.05) is 0 Å². The van der Waals surface area contributed by atoms with Crippen molar-refractivity contribution in [2.24, 2.45) is 20.4 Å². The van der Waals surface area contributed by atoms with Crippen molar-refractivity contribution in [2.75, 3.05) is 22.3 Å². The molecular formula is C38H24N9Na3O13S3. The number of hydrazone groups is 2. The molecular weight excluding hydrogens is 956 g/mol. The van der Waals surface area contributed by atoms with Crippen LogP contribution in [0.4, 0.5) is 39.8 Å². The molecule has 0 spiro atoms. The van der Waals surface area contributed by atoms with Gasteiger partial charge >= 0.3 is 88.7 Å². The Labute approximate surface area is 440 Å². The van der Waals surface area contributed by atoms with E-state index in [1.54, 1.807) is 24.3 Å². The zero-order valence-corrected chi connectivity index (χ0v) is 42.8. The van der Waals surface area contributed by atoms with Crippen LogP contribution in [0.5, 0.6) is 0 Å². The van der Waals surface area contributed by atoms with Crippen LogP contribution >= 0.6 is 0 Å². The van der Waals surface area contributed by atoms with Gasteiger partial charge in [0.25, 0.3) is 5.69 Å². The molecule has 0 atom stereocenters. The van der Waals surface area contributed by atoms with Gasteiger partial charge in [-0.25, -0.2) is 25.3 Å². The number of hydrogen-bond acceptors (Lipinski definition) is 21. The predicted molar refractivity (Wildman–Crippen MR) is 225 cm³/mol. The molecule has 0 saturated carbocycles. The van der Waals surface area contributed by atoms with E-state index >= 15 is 0 Å². The zero-order chi connectivity index (χ0) is 45.6. The van der Waals surface area contributed by atoms with Gasteiger partial charge in [-0.15, -0.1) is 5.11 Å². The van der Waals surface area contributed by atoms with Gasteiger partial charge in [-0.2, -0.15) is 15.3 Å². The number of nitrogens with one attached hydrogen (secondary N) is 2. The summed E-state index contributed by atoms with van der Waals surface area (Å²) in [5.41, 5.74) is 14.3. The molecule has 2 aliphatic rings. The molecule has 0 aromatic heterocycles. The number of nitro benzene ring substituents is 1. The fourth-order valence-corrected chi connectivity index (χ4v) is 8.17. The summed E-state index contributed by atoms with van der Waals surface area (Å²) in [6, 6.07) is 21.8. The second kappa shape index (κ2) is 21.0. The summed E-state index contributed by atoms with van der Waals surface area (Å²) in [7, 11) is -16.0. The van der Waals surface area contributed by atoms with Gasteiger partial charge in [-0.3, -0.25) is 30.6 Å². The monoisotopic (exact) mass is 979 g/mol. The van der Waals surface area contributed by atoms with E-state index in [9.17, 15) is 58.6 Å². The van der Waals surface area contributed by atoms with Crippen LogP contribution in [-0.2, 0) is 30.4 Å². The Kier molecular flexibility index (Phi) is 17.1. The summed E-state index contributed by atoms with van der Waals surface area (Å²) < 4.78 is 110. The average molecular weight is 980 g/mol. The minimum absolute atomic E-state index is 0. The number of azo groups is 1. The molecule has 0 bridgehead atoms. The smallest absolute Gasteiger partial charge is 0.744 e. The van der Waals surface area contributed by atoms with Gasteiger partial charge in [0.1, 0.15) is 47.5 Å². The van der Waals surface area contributed by atoms with E-state index in [-0.39, 0.29) is 117 Å². The molecule has 2 aliphatic carbocycles. The maximum Gasteiger partial charge on any atom is 1.00 e. The Hall–Kier alpha value is -4.81. The molecule has 320 valence electrons. The Morgan fingerprint density at radius 3 is 1.61 bits per heavy atom. The second-order valence-corrected chi connectivity index (χ2v) is 17.3. The summed E-state index contributed by atoms with van der Waals surface area (Å²) in [6.07, 6.45) is 1.65. The summed E-state index contributed by atoms with van der Waals surface area (Å²) in [5.74, 6) is -2.12. The topological polar surface area (TPSA) is 374 Å². The maximum atomic E-state index is 13.8. The van der Waals surface area contributed by atoms with Crippen molar-refractivity contribution in [3.05, 3.63) is 139 Å². The van der Waals surface area contributed by atoms with E-state index < -0.39 is 101 Å². The molecule has 0 aliphatic heterocycles. The molecule has 28 heteroatoms. The van der Waals surface area contributed by atoms with E-state index in [1.165, 1.54) is 54.6 Å². The van der Waals surface area contributed by atoms with E-state index in [2.05, 4.69) is 31.3 Å². The Bertz CT molecular complexity index is 3350. The number of rotatable bonds is 11. The summed E-state index contributed by atoms with van der Waals surface area (Å²) in [6.45, 7) is 0. The molecule has 0 heterocycles. The molecule has 0 fully saturated rings. The number of nitrogen functional groups attached to an aromatic ring is 2. The number of nitro groups is 1. The first-order valence-electron chi connectivity index (χ1n) is 17.4. The molecule has 6 N–H and O–H groups in total. The van der Waals surface area contributed by atoms with Crippen molar-refractivity contribution in [1.29, 1.82) is 0 Å². The van der Waals surface area contributed by atoms with Gasteiger partial charge in [0.05, 0.1) is 47.9 Å². The molecule has 0 saturated heterocycles. The molecule has 5 aromatic carbocycles. The first kappa shape index (κ1) is 53.8. The number of hydrogen-bond donors (Lipinski definition) is 4. The van der Waals surface area contributed by atoms with Gasteiger partial charge in [-0.1, -0.05) is 36.4 Å². The van der Waals surface area contributed by atoms with E-state index in [0.717, 1.165) is 18.2 Å². The number of anilines is 4. The predicted octanol–water partition coefficient (Wildman–Crippen LogP) is -4.14. The third kappa shape index (κ3) is 11.6. The number of benzene rings is 5. The first-order valence-corrected chi connectivity index (χ1v) is 21.6. The van der Waals surface area contributed by atoms with Crippen LogP contribution in [-0.4, -0.2) is 66.8 Å². The molecule has 0 radical (unpaired) electrons. The molecule has 5 aromatic rings. The van der Waals surface area contributed by atoms with Gasteiger partial charge in [0.2, 0.25) is 11.6 Å². The van der Waals surface area contributed by atoms with Gasteiger partial charge in [-0.05, 0) is 82.9 Å². The number of carbonyl (C=O) groups excluding carboxylic acids is 2. The number of nitrogens with two attached hydrogens (primary N) is 2. The number of Topliss-reactive ketones (excluding diaryl/α,β-unsaturated/α-hetero) is 2. The number of ketones is 2. The summed E-state index contributed by atoms with van der Waals surface area (Å²) in [5, 5.41) is 26.4. The van der Waals surface area contributed by atoms with Gasteiger partial charge < -0.3 is 25.1 Å².